The minimum absolute atomic E-state index is 0.000848. The molecule has 0 unspecified atom stereocenters. The largest absolute Gasteiger partial charge is 0.487 e. The van der Waals surface area contributed by atoms with Crippen molar-refractivity contribution in [3.8, 4) is 5.75 Å². The van der Waals surface area contributed by atoms with Gasteiger partial charge in [-0.05, 0) is 68.4 Å². The van der Waals surface area contributed by atoms with Gasteiger partial charge >= 0.3 is 0 Å². The predicted molar refractivity (Wildman–Crippen MR) is 140 cm³/mol. The second kappa shape index (κ2) is 12.4. The molecule has 35 heavy (non-hydrogen) atoms. The van der Waals surface area contributed by atoms with Crippen molar-refractivity contribution in [2.75, 3.05) is 20.1 Å². The number of hydrogen-bond donors (Lipinski definition) is 0. The van der Waals surface area contributed by atoms with Gasteiger partial charge in [0.15, 0.2) is 0 Å². The van der Waals surface area contributed by atoms with Gasteiger partial charge in [-0.1, -0.05) is 55.1 Å². The molecule has 1 heterocycles. The summed E-state index contributed by atoms with van der Waals surface area (Å²) in [6, 6.07) is 15.3. The zero-order valence-electron chi connectivity index (χ0n) is 20.8. The van der Waals surface area contributed by atoms with E-state index in [4.69, 9.17) is 16.3 Å². The molecule has 188 valence electrons. The van der Waals surface area contributed by atoms with Crippen LogP contribution in [0.4, 0.5) is 0 Å². The number of hydrogen-bond acceptors (Lipinski definition) is 3. The summed E-state index contributed by atoms with van der Waals surface area (Å²) in [7, 11) is 1.87. The maximum atomic E-state index is 13.6. The van der Waals surface area contributed by atoms with E-state index in [1.54, 1.807) is 4.90 Å². The minimum atomic E-state index is -0.106. The molecule has 5 nitrogen and oxygen atoms in total. The molecule has 2 aromatic carbocycles. The van der Waals surface area contributed by atoms with Crippen LogP contribution in [0, 0.1) is 0 Å². The van der Waals surface area contributed by atoms with E-state index in [0.717, 1.165) is 70.0 Å². The molecule has 0 N–H and O–H groups in total. The SMILES string of the molecule is CN1CCCCCCN(C(=O)CCc2ccc(Cl)cc2)[C@@H]2CCCC[C@@H]2Oc2ccccc2C1=O. The molecular weight excluding hydrogens is 460 g/mol. The van der Waals surface area contributed by atoms with Crippen molar-refractivity contribution >= 4 is 23.4 Å². The van der Waals surface area contributed by atoms with Crippen LogP contribution in [0.2, 0.25) is 5.02 Å². The fourth-order valence-electron chi connectivity index (χ4n) is 5.29. The number of para-hydroxylation sites is 1. The van der Waals surface area contributed by atoms with Crippen molar-refractivity contribution in [1.29, 1.82) is 0 Å². The highest BCUT2D eigenvalue weighted by Gasteiger charge is 2.35. The summed E-state index contributed by atoms with van der Waals surface area (Å²) in [5.74, 6) is 0.824. The van der Waals surface area contributed by atoms with E-state index in [1.165, 1.54) is 0 Å². The van der Waals surface area contributed by atoms with Gasteiger partial charge in [-0.3, -0.25) is 9.59 Å². The van der Waals surface area contributed by atoms with Gasteiger partial charge in [0, 0.05) is 31.6 Å². The predicted octanol–water partition coefficient (Wildman–Crippen LogP) is 6.14. The third-order valence-electron chi connectivity index (χ3n) is 7.31. The molecular formula is C29H37ClN2O3. The van der Waals surface area contributed by atoms with E-state index >= 15 is 0 Å². The lowest BCUT2D eigenvalue weighted by atomic mass is 9.90. The summed E-state index contributed by atoms with van der Waals surface area (Å²) in [6.07, 6.45) is 9.11. The number of ether oxygens (including phenoxy) is 1. The first-order chi connectivity index (χ1) is 17.0. The zero-order chi connectivity index (χ0) is 24.6. The average Bonchev–Trinajstić information content (AvgIpc) is 2.87. The van der Waals surface area contributed by atoms with E-state index in [2.05, 4.69) is 4.90 Å². The quantitative estimate of drug-likeness (QED) is 0.513. The molecule has 1 saturated carbocycles. The number of amides is 2. The molecule has 1 fully saturated rings. The van der Waals surface area contributed by atoms with Crippen LogP contribution in [0.5, 0.6) is 5.75 Å². The lowest BCUT2D eigenvalue weighted by Gasteiger charge is -2.40. The third-order valence-corrected chi connectivity index (χ3v) is 7.57. The highest BCUT2D eigenvalue weighted by atomic mass is 35.5. The molecule has 1 aliphatic carbocycles. The Morgan fingerprint density at radius 1 is 0.943 bits per heavy atom. The number of halogens is 1. The van der Waals surface area contributed by atoms with Crippen LogP contribution in [-0.4, -0.2) is 53.9 Å². The number of carbonyl (C=O) groups is 2. The van der Waals surface area contributed by atoms with E-state index in [1.807, 2.05) is 55.6 Å². The van der Waals surface area contributed by atoms with Gasteiger partial charge in [-0.15, -0.1) is 0 Å². The van der Waals surface area contributed by atoms with Crippen molar-refractivity contribution in [2.45, 2.75) is 76.4 Å². The molecule has 2 atom stereocenters. The van der Waals surface area contributed by atoms with Gasteiger partial charge in [-0.2, -0.15) is 0 Å². The molecule has 0 bridgehead atoms. The number of benzene rings is 2. The highest BCUT2D eigenvalue weighted by molar-refractivity contribution is 6.30. The maximum Gasteiger partial charge on any atom is 0.257 e. The first kappa shape index (κ1) is 25.6. The monoisotopic (exact) mass is 496 g/mol. The van der Waals surface area contributed by atoms with E-state index in [0.29, 0.717) is 29.2 Å². The first-order valence-corrected chi connectivity index (χ1v) is 13.5. The van der Waals surface area contributed by atoms with Gasteiger partial charge in [-0.25, -0.2) is 0 Å². The minimum Gasteiger partial charge on any atom is -0.487 e. The third kappa shape index (κ3) is 6.78. The lowest BCUT2D eigenvalue weighted by molar-refractivity contribution is -0.136. The number of fused-ring (bicyclic) bond motifs is 2. The van der Waals surface area contributed by atoms with Crippen LogP contribution in [0.1, 0.15) is 73.7 Å². The van der Waals surface area contributed by atoms with Crippen LogP contribution in [0.15, 0.2) is 48.5 Å². The zero-order valence-corrected chi connectivity index (χ0v) is 21.5. The molecule has 4 rings (SSSR count). The lowest BCUT2D eigenvalue weighted by Crippen LogP contribution is -2.51. The summed E-state index contributed by atoms with van der Waals surface area (Å²) < 4.78 is 6.56. The van der Waals surface area contributed by atoms with Crippen LogP contribution in [0.3, 0.4) is 0 Å². The smallest absolute Gasteiger partial charge is 0.257 e. The number of nitrogens with zero attached hydrogens (tertiary/aromatic N) is 2. The van der Waals surface area contributed by atoms with Crippen molar-refractivity contribution in [2.24, 2.45) is 0 Å². The first-order valence-electron chi connectivity index (χ1n) is 13.1. The van der Waals surface area contributed by atoms with Crippen LogP contribution in [0.25, 0.3) is 0 Å². The highest BCUT2D eigenvalue weighted by Crippen LogP contribution is 2.31. The Morgan fingerprint density at radius 3 is 2.46 bits per heavy atom. The number of carbonyl (C=O) groups excluding carboxylic acids is 2. The molecule has 2 aromatic rings. The summed E-state index contributed by atoms with van der Waals surface area (Å²) in [5, 5.41) is 0.710. The topological polar surface area (TPSA) is 49.9 Å². The van der Waals surface area contributed by atoms with E-state index < -0.39 is 0 Å². The van der Waals surface area contributed by atoms with Crippen LogP contribution < -0.4 is 4.74 Å². The molecule has 2 amide bonds. The van der Waals surface area contributed by atoms with Gasteiger partial charge < -0.3 is 14.5 Å². The molecule has 0 aromatic heterocycles. The van der Waals surface area contributed by atoms with Gasteiger partial charge in [0.2, 0.25) is 5.91 Å². The van der Waals surface area contributed by atoms with Gasteiger partial charge in [0.25, 0.3) is 5.91 Å². The molecule has 6 heteroatoms. The fourth-order valence-corrected chi connectivity index (χ4v) is 5.42. The van der Waals surface area contributed by atoms with Crippen LogP contribution in [-0.2, 0) is 11.2 Å². The van der Waals surface area contributed by atoms with Crippen LogP contribution >= 0.6 is 11.6 Å². The molecule has 0 radical (unpaired) electrons. The number of aryl methyl sites for hydroxylation is 1. The Balaban J connectivity index is 1.56. The summed E-state index contributed by atoms with van der Waals surface area (Å²) in [6.45, 7) is 1.49. The molecule has 0 spiro atoms. The Morgan fingerprint density at radius 2 is 1.66 bits per heavy atom. The van der Waals surface area contributed by atoms with Gasteiger partial charge in [0.05, 0.1) is 11.6 Å². The summed E-state index contributed by atoms with van der Waals surface area (Å²) in [4.78, 5) is 30.6. The Hall–Kier alpha value is -2.53. The molecule has 2 aliphatic rings. The summed E-state index contributed by atoms with van der Waals surface area (Å²) >= 11 is 6.02. The second-order valence-corrected chi connectivity index (χ2v) is 10.3. The Kier molecular flexibility index (Phi) is 9.08. The fraction of sp³-hybridized carbons (Fsp3) is 0.517. The maximum absolute atomic E-state index is 13.6. The standard InChI is InChI=1S/C29H37ClN2O3/c1-31-20-8-2-3-9-21-32(28(33)19-16-22-14-17-23(30)18-15-22)25-11-5-7-13-27(25)35-26-12-6-4-10-24(26)29(31)34/h4,6,10,12,14-15,17-18,25,27H,2-3,5,7-9,11,13,16,19-21H2,1H3/t25-,27+/m1/s1. The van der Waals surface area contributed by atoms with Crippen molar-refractivity contribution in [3.05, 3.63) is 64.7 Å². The van der Waals surface area contributed by atoms with E-state index in [-0.39, 0.29) is 24.0 Å². The van der Waals surface area contributed by atoms with Crippen molar-refractivity contribution in [1.82, 2.24) is 9.80 Å². The average molecular weight is 497 g/mol. The molecule has 1 aliphatic heterocycles. The second-order valence-electron chi connectivity index (χ2n) is 9.86. The Labute approximate surface area is 214 Å². The Bertz CT molecular complexity index is 994. The number of rotatable bonds is 3. The normalized spacial score (nSPS) is 21.9. The van der Waals surface area contributed by atoms with E-state index in [9.17, 15) is 9.59 Å². The van der Waals surface area contributed by atoms with Gasteiger partial charge in [0.1, 0.15) is 11.9 Å². The summed E-state index contributed by atoms with van der Waals surface area (Å²) in [5.41, 5.74) is 1.73. The molecule has 0 saturated heterocycles. The van der Waals surface area contributed by atoms with Crippen molar-refractivity contribution in [3.63, 3.8) is 0 Å². The van der Waals surface area contributed by atoms with Crippen molar-refractivity contribution < 1.29 is 14.3 Å².